The minimum Gasteiger partial charge on any atom is -0.337 e. The number of carbonyl (C=O) groups is 1. The lowest BCUT2D eigenvalue weighted by Crippen LogP contribution is -2.41. The van der Waals surface area contributed by atoms with Crippen molar-refractivity contribution in [2.45, 2.75) is 39.2 Å². The van der Waals surface area contributed by atoms with E-state index in [2.05, 4.69) is 34.7 Å². The number of aromatic nitrogens is 3. The van der Waals surface area contributed by atoms with E-state index in [1.54, 1.807) is 6.20 Å². The van der Waals surface area contributed by atoms with E-state index >= 15 is 0 Å². The van der Waals surface area contributed by atoms with Gasteiger partial charge in [0.05, 0.1) is 22.6 Å². The van der Waals surface area contributed by atoms with Crippen LogP contribution in [0.4, 0.5) is 0 Å². The number of likely N-dealkylation sites (tertiary alicyclic amines) is 1. The molecular formula is C21H24N4O. The summed E-state index contributed by atoms with van der Waals surface area (Å²) in [7, 11) is 0. The summed E-state index contributed by atoms with van der Waals surface area (Å²) in [6.07, 6.45) is 4.65. The van der Waals surface area contributed by atoms with Gasteiger partial charge in [-0.15, -0.1) is 0 Å². The Morgan fingerprint density at radius 3 is 2.85 bits per heavy atom. The number of rotatable bonds is 3. The number of carbonyl (C=O) groups excluding carboxylic acids is 1. The van der Waals surface area contributed by atoms with Crippen LogP contribution in [0.25, 0.3) is 11.0 Å². The van der Waals surface area contributed by atoms with Crippen LogP contribution in [0, 0.1) is 6.92 Å². The van der Waals surface area contributed by atoms with Crippen molar-refractivity contribution in [2.24, 2.45) is 0 Å². The van der Waals surface area contributed by atoms with Crippen molar-refractivity contribution >= 4 is 16.9 Å². The molecule has 26 heavy (non-hydrogen) atoms. The Morgan fingerprint density at radius 2 is 2.08 bits per heavy atom. The van der Waals surface area contributed by atoms with Crippen LogP contribution in [0.2, 0.25) is 0 Å². The van der Waals surface area contributed by atoms with E-state index in [1.165, 1.54) is 5.52 Å². The monoisotopic (exact) mass is 348 g/mol. The van der Waals surface area contributed by atoms with Gasteiger partial charge in [0.1, 0.15) is 5.82 Å². The standard InChI is InChI=1S/C21H24N4O/c1-3-20-23-18-8-4-5-9-19(18)25(20)17-7-6-12-24(14-17)21(26)16-11-10-15(2)22-13-16/h4-5,8-11,13,17H,3,6-7,12,14H2,1-2H3. The van der Waals surface area contributed by atoms with Crippen molar-refractivity contribution in [1.82, 2.24) is 19.4 Å². The predicted molar refractivity (Wildman–Crippen MR) is 102 cm³/mol. The second-order valence-electron chi connectivity index (χ2n) is 6.98. The molecule has 2 aromatic heterocycles. The predicted octanol–water partition coefficient (Wildman–Crippen LogP) is 3.78. The molecule has 0 spiro atoms. The molecule has 3 heterocycles. The SMILES string of the molecule is CCc1nc2ccccc2n1C1CCCN(C(=O)c2ccc(C)nc2)C1. The molecule has 0 radical (unpaired) electrons. The average Bonchev–Trinajstić information content (AvgIpc) is 3.07. The van der Waals surface area contributed by atoms with Gasteiger partial charge in [-0.1, -0.05) is 19.1 Å². The molecule has 1 unspecified atom stereocenters. The third-order valence-corrected chi connectivity index (χ3v) is 5.19. The van der Waals surface area contributed by atoms with E-state index in [9.17, 15) is 4.79 Å². The maximum Gasteiger partial charge on any atom is 0.255 e. The summed E-state index contributed by atoms with van der Waals surface area (Å²) in [5, 5.41) is 0. The third-order valence-electron chi connectivity index (χ3n) is 5.19. The molecule has 3 aromatic rings. The molecule has 134 valence electrons. The maximum absolute atomic E-state index is 12.9. The van der Waals surface area contributed by atoms with Crippen molar-refractivity contribution in [2.75, 3.05) is 13.1 Å². The van der Waals surface area contributed by atoms with Gasteiger partial charge in [0.15, 0.2) is 0 Å². The zero-order valence-corrected chi connectivity index (χ0v) is 15.4. The number of fused-ring (bicyclic) bond motifs is 1. The lowest BCUT2D eigenvalue weighted by atomic mass is 10.0. The van der Waals surface area contributed by atoms with Gasteiger partial charge in [0.25, 0.3) is 5.91 Å². The highest BCUT2D eigenvalue weighted by Crippen LogP contribution is 2.29. The smallest absolute Gasteiger partial charge is 0.255 e. The highest BCUT2D eigenvalue weighted by molar-refractivity contribution is 5.94. The van der Waals surface area contributed by atoms with Crippen LogP contribution in [0.3, 0.4) is 0 Å². The van der Waals surface area contributed by atoms with Crippen molar-refractivity contribution in [3.8, 4) is 0 Å². The number of para-hydroxylation sites is 2. The van der Waals surface area contributed by atoms with Crippen molar-refractivity contribution in [3.63, 3.8) is 0 Å². The average molecular weight is 348 g/mol. The minimum absolute atomic E-state index is 0.0738. The van der Waals surface area contributed by atoms with Crippen LogP contribution in [0.15, 0.2) is 42.6 Å². The number of imidazole rings is 1. The first-order chi connectivity index (χ1) is 12.7. The number of hydrogen-bond donors (Lipinski definition) is 0. The molecule has 1 amide bonds. The van der Waals surface area contributed by atoms with Gasteiger partial charge in [-0.05, 0) is 44.0 Å². The number of piperidine rings is 1. The Hall–Kier alpha value is -2.69. The summed E-state index contributed by atoms with van der Waals surface area (Å²) >= 11 is 0. The van der Waals surface area contributed by atoms with Gasteiger partial charge >= 0.3 is 0 Å². The Bertz CT molecular complexity index is 929. The van der Waals surface area contributed by atoms with Gasteiger partial charge in [0.2, 0.25) is 0 Å². The van der Waals surface area contributed by atoms with E-state index < -0.39 is 0 Å². The lowest BCUT2D eigenvalue weighted by molar-refractivity contribution is 0.0679. The van der Waals surface area contributed by atoms with Crippen LogP contribution in [-0.2, 0) is 6.42 Å². The van der Waals surface area contributed by atoms with Crippen LogP contribution in [0.5, 0.6) is 0 Å². The summed E-state index contributed by atoms with van der Waals surface area (Å²) in [5.74, 6) is 1.17. The first kappa shape index (κ1) is 16.8. The van der Waals surface area contributed by atoms with Crippen molar-refractivity contribution < 1.29 is 4.79 Å². The highest BCUT2D eigenvalue weighted by Gasteiger charge is 2.28. The van der Waals surface area contributed by atoms with E-state index in [0.29, 0.717) is 5.56 Å². The summed E-state index contributed by atoms with van der Waals surface area (Å²) in [5.41, 5.74) is 3.80. The number of benzene rings is 1. The second kappa shape index (κ2) is 6.90. The zero-order chi connectivity index (χ0) is 18.1. The zero-order valence-electron chi connectivity index (χ0n) is 15.4. The molecular weight excluding hydrogens is 324 g/mol. The van der Waals surface area contributed by atoms with Gasteiger partial charge in [-0.3, -0.25) is 9.78 Å². The molecule has 0 N–H and O–H groups in total. The third kappa shape index (κ3) is 2.98. The highest BCUT2D eigenvalue weighted by atomic mass is 16.2. The molecule has 0 aliphatic carbocycles. The Morgan fingerprint density at radius 1 is 1.23 bits per heavy atom. The van der Waals surface area contributed by atoms with E-state index in [4.69, 9.17) is 4.98 Å². The van der Waals surface area contributed by atoms with Gasteiger partial charge in [-0.2, -0.15) is 0 Å². The molecule has 1 aromatic carbocycles. The van der Waals surface area contributed by atoms with Crippen LogP contribution in [-0.4, -0.2) is 38.4 Å². The molecule has 4 rings (SSSR count). The molecule has 1 saturated heterocycles. The molecule has 1 atom stereocenters. The second-order valence-corrected chi connectivity index (χ2v) is 6.98. The molecule has 5 heteroatoms. The molecule has 0 saturated carbocycles. The largest absolute Gasteiger partial charge is 0.337 e. The van der Waals surface area contributed by atoms with Gasteiger partial charge in [0, 0.05) is 31.4 Å². The Kier molecular flexibility index (Phi) is 4.45. The molecule has 1 aliphatic rings. The summed E-state index contributed by atoms with van der Waals surface area (Å²) in [6, 6.07) is 12.3. The van der Waals surface area contributed by atoms with Crippen molar-refractivity contribution in [3.05, 3.63) is 59.7 Å². The molecule has 0 bridgehead atoms. The number of amides is 1. The first-order valence-electron chi connectivity index (χ1n) is 9.35. The topological polar surface area (TPSA) is 51.0 Å². The van der Waals surface area contributed by atoms with E-state index in [1.807, 2.05) is 30.0 Å². The maximum atomic E-state index is 12.9. The van der Waals surface area contributed by atoms with Crippen molar-refractivity contribution in [1.29, 1.82) is 0 Å². The van der Waals surface area contributed by atoms with Crippen LogP contribution in [0.1, 0.15) is 47.7 Å². The number of pyridine rings is 1. The molecule has 1 aliphatic heterocycles. The van der Waals surface area contributed by atoms with E-state index in [-0.39, 0.29) is 11.9 Å². The Balaban J connectivity index is 1.63. The fourth-order valence-electron chi connectivity index (χ4n) is 3.88. The normalized spacial score (nSPS) is 17.6. The summed E-state index contributed by atoms with van der Waals surface area (Å²) in [6.45, 7) is 5.60. The number of nitrogens with zero attached hydrogens (tertiary/aromatic N) is 4. The van der Waals surface area contributed by atoms with Gasteiger partial charge in [-0.25, -0.2) is 4.98 Å². The fraction of sp³-hybridized carbons (Fsp3) is 0.381. The minimum atomic E-state index is 0.0738. The van der Waals surface area contributed by atoms with Crippen LogP contribution >= 0.6 is 0 Å². The fourth-order valence-corrected chi connectivity index (χ4v) is 3.88. The summed E-state index contributed by atoms with van der Waals surface area (Å²) in [4.78, 5) is 23.9. The summed E-state index contributed by atoms with van der Waals surface area (Å²) < 4.78 is 2.35. The first-order valence-corrected chi connectivity index (χ1v) is 9.35. The van der Waals surface area contributed by atoms with E-state index in [0.717, 1.165) is 49.4 Å². The van der Waals surface area contributed by atoms with Gasteiger partial charge < -0.3 is 9.47 Å². The lowest BCUT2D eigenvalue weighted by Gasteiger charge is -2.34. The Labute approximate surface area is 153 Å². The number of hydrogen-bond acceptors (Lipinski definition) is 3. The number of aryl methyl sites for hydroxylation is 2. The van der Waals surface area contributed by atoms with Crippen LogP contribution < -0.4 is 0 Å². The molecule has 5 nitrogen and oxygen atoms in total. The quantitative estimate of drug-likeness (QED) is 0.724. The molecule has 1 fully saturated rings.